The molecule has 1 amide bonds. The van der Waals surface area contributed by atoms with Crippen molar-refractivity contribution in [2.75, 3.05) is 6.54 Å². The summed E-state index contributed by atoms with van der Waals surface area (Å²) in [6.45, 7) is 1.85. The molecule has 4 N–H and O–H groups in total. The van der Waals surface area contributed by atoms with E-state index in [0.717, 1.165) is 6.07 Å². The highest BCUT2D eigenvalue weighted by Crippen LogP contribution is 2.45. The molecule has 0 aliphatic heterocycles. The monoisotopic (exact) mass is 503 g/mol. The second-order valence-electron chi connectivity index (χ2n) is 10.6. The first-order valence-electron chi connectivity index (χ1n) is 13.3. The van der Waals surface area contributed by atoms with Crippen LogP contribution < -0.4 is 16.4 Å². The Labute approximate surface area is 217 Å². The van der Waals surface area contributed by atoms with Crippen molar-refractivity contribution in [3.05, 3.63) is 94.6 Å². The van der Waals surface area contributed by atoms with Crippen LogP contribution in [-0.4, -0.2) is 24.5 Å². The molecule has 1 saturated carbocycles. The van der Waals surface area contributed by atoms with Crippen LogP contribution in [0, 0.1) is 11.6 Å². The minimum atomic E-state index is -0.642. The molecule has 6 heteroatoms. The number of fused-ring (bicyclic) bond motifs is 3. The number of hydrogen-bond donors (Lipinski definition) is 3. The minimum absolute atomic E-state index is 0.00890. The lowest BCUT2D eigenvalue weighted by Gasteiger charge is -2.27. The Bertz CT molecular complexity index is 1250. The summed E-state index contributed by atoms with van der Waals surface area (Å²) in [4.78, 5) is 11.9. The lowest BCUT2D eigenvalue weighted by Crippen LogP contribution is -2.53. The molecule has 0 bridgehead atoms. The SMILES string of the molecule is CC(=O)N[C@@H](Cc1cc(F)cc(F)c1)[C@H](N)CNC1c2ccccc2-c2ccc(C3CCCCC3)cc21. The molecule has 5 rings (SSSR count). The molecule has 0 spiro atoms. The molecule has 3 aromatic carbocycles. The van der Waals surface area contributed by atoms with Crippen LogP contribution in [0.1, 0.15) is 73.2 Å². The predicted octanol–water partition coefficient (Wildman–Crippen LogP) is 5.75. The van der Waals surface area contributed by atoms with Crippen LogP contribution in [0.4, 0.5) is 8.78 Å². The summed E-state index contributed by atoms with van der Waals surface area (Å²) in [5.41, 5.74) is 13.4. The van der Waals surface area contributed by atoms with Gasteiger partial charge in [-0.25, -0.2) is 8.78 Å². The van der Waals surface area contributed by atoms with Crippen LogP contribution in [0.3, 0.4) is 0 Å². The number of rotatable bonds is 8. The van der Waals surface area contributed by atoms with Gasteiger partial charge in [0.15, 0.2) is 0 Å². The number of nitrogens with one attached hydrogen (secondary N) is 2. The van der Waals surface area contributed by atoms with Gasteiger partial charge in [-0.1, -0.05) is 61.7 Å². The Hall–Kier alpha value is -3.09. The fourth-order valence-electron chi connectivity index (χ4n) is 6.09. The van der Waals surface area contributed by atoms with Crippen molar-refractivity contribution in [3.63, 3.8) is 0 Å². The van der Waals surface area contributed by atoms with Crippen molar-refractivity contribution in [3.8, 4) is 11.1 Å². The Morgan fingerprint density at radius 3 is 2.38 bits per heavy atom. The maximum Gasteiger partial charge on any atom is 0.217 e. The van der Waals surface area contributed by atoms with Crippen molar-refractivity contribution >= 4 is 5.91 Å². The average molecular weight is 504 g/mol. The summed E-state index contributed by atoms with van der Waals surface area (Å²) < 4.78 is 27.5. The van der Waals surface area contributed by atoms with Crippen molar-refractivity contribution < 1.29 is 13.6 Å². The van der Waals surface area contributed by atoms with Crippen LogP contribution in [-0.2, 0) is 11.2 Å². The number of halogens is 2. The van der Waals surface area contributed by atoms with Crippen molar-refractivity contribution in [1.29, 1.82) is 0 Å². The number of nitrogens with two attached hydrogens (primary N) is 1. The van der Waals surface area contributed by atoms with Gasteiger partial charge in [0.25, 0.3) is 0 Å². The van der Waals surface area contributed by atoms with Gasteiger partial charge >= 0.3 is 0 Å². The molecule has 37 heavy (non-hydrogen) atoms. The average Bonchev–Trinajstić information content (AvgIpc) is 3.19. The molecule has 4 nitrogen and oxygen atoms in total. The number of benzene rings is 3. The van der Waals surface area contributed by atoms with E-state index in [1.165, 1.54) is 79.0 Å². The smallest absolute Gasteiger partial charge is 0.217 e. The van der Waals surface area contributed by atoms with Gasteiger partial charge in [0.1, 0.15) is 11.6 Å². The van der Waals surface area contributed by atoms with Gasteiger partial charge in [-0.3, -0.25) is 4.79 Å². The van der Waals surface area contributed by atoms with Gasteiger partial charge in [0.2, 0.25) is 5.91 Å². The predicted molar refractivity (Wildman–Crippen MR) is 143 cm³/mol. The van der Waals surface area contributed by atoms with Crippen molar-refractivity contribution in [2.45, 2.75) is 69.5 Å². The highest BCUT2D eigenvalue weighted by atomic mass is 19.1. The van der Waals surface area contributed by atoms with E-state index >= 15 is 0 Å². The topological polar surface area (TPSA) is 67.2 Å². The maximum atomic E-state index is 13.8. The van der Waals surface area contributed by atoms with Gasteiger partial charge in [-0.05, 0) is 70.7 Å². The Morgan fingerprint density at radius 1 is 0.946 bits per heavy atom. The normalized spacial score (nSPS) is 18.6. The molecule has 0 radical (unpaired) electrons. The summed E-state index contributed by atoms with van der Waals surface area (Å²) >= 11 is 0. The van der Waals surface area contributed by atoms with E-state index in [0.29, 0.717) is 18.0 Å². The molecule has 1 unspecified atom stereocenters. The summed E-state index contributed by atoms with van der Waals surface area (Å²) in [6.07, 6.45) is 6.63. The van der Waals surface area contributed by atoms with E-state index in [4.69, 9.17) is 5.73 Å². The molecular formula is C31H35F2N3O. The first-order chi connectivity index (χ1) is 17.9. The first-order valence-corrected chi connectivity index (χ1v) is 13.3. The molecule has 0 heterocycles. The maximum absolute atomic E-state index is 13.8. The van der Waals surface area contributed by atoms with Crippen LogP contribution >= 0.6 is 0 Å². The standard InChI is InChI=1S/C31H35F2N3O/c1-19(37)36-30(15-20-13-23(32)17-24(33)14-20)29(34)18-35-31-27-10-6-5-9-25(27)26-12-11-22(16-28(26)31)21-7-3-2-4-8-21/h5-6,9-14,16-17,21,29-31,35H,2-4,7-8,15,18,34H2,1H3,(H,36,37)/t29-,30+,31?/m1/s1. The Kier molecular flexibility index (Phi) is 7.68. The van der Waals surface area contributed by atoms with Gasteiger partial charge < -0.3 is 16.4 Å². The number of hydrogen-bond acceptors (Lipinski definition) is 3. The zero-order chi connectivity index (χ0) is 25.9. The fourth-order valence-corrected chi connectivity index (χ4v) is 6.09. The van der Waals surface area contributed by atoms with Gasteiger partial charge in [0, 0.05) is 31.6 Å². The number of carbonyl (C=O) groups is 1. The zero-order valence-corrected chi connectivity index (χ0v) is 21.3. The van der Waals surface area contributed by atoms with E-state index in [9.17, 15) is 13.6 Å². The highest BCUT2D eigenvalue weighted by Gasteiger charge is 2.30. The van der Waals surface area contributed by atoms with Crippen LogP contribution in [0.25, 0.3) is 11.1 Å². The highest BCUT2D eigenvalue weighted by molar-refractivity contribution is 5.79. The third-order valence-electron chi connectivity index (χ3n) is 7.87. The Morgan fingerprint density at radius 2 is 1.65 bits per heavy atom. The lowest BCUT2D eigenvalue weighted by molar-refractivity contribution is -0.119. The van der Waals surface area contributed by atoms with E-state index in [2.05, 4.69) is 53.1 Å². The largest absolute Gasteiger partial charge is 0.352 e. The van der Waals surface area contributed by atoms with E-state index in [-0.39, 0.29) is 18.4 Å². The second-order valence-corrected chi connectivity index (χ2v) is 10.6. The quantitative estimate of drug-likeness (QED) is 0.367. The Balaban J connectivity index is 1.37. The number of amides is 1. The van der Waals surface area contributed by atoms with Gasteiger partial charge in [0.05, 0.1) is 6.04 Å². The lowest BCUT2D eigenvalue weighted by atomic mass is 9.83. The molecule has 3 atom stereocenters. The van der Waals surface area contributed by atoms with Crippen molar-refractivity contribution in [1.82, 2.24) is 10.6 Å². The van der Waals surface area contributed by atoms with E-state index in [1.807, 2.05) is 0 Å². The minimum Gasteiger partial charge on any atom is -0.352 e. The molecule has 3 aromatic rings. The van der Waals surface area contributed by atoms with Gasteiger partial charge in [-0.15, -0.1) is 0 Å². The molecule has 2 aliphatic carbocycles. The number of carbonyl (C=O) groups excluding carboxylic acids is 1. The molecule has 1 fully saturated rings. The van der Waals surface area contributed by atoms with E-state index < -0.39 is 23.7 Å². The van der Waals surface area contributed by atoms with Crippen LogP contribution in [0.5, 0.6) is 0 Å². The molecule has 0 aromatic heterocycles. The van der Waals surface area contributed by atoms with Crippen LogP contribution in [0.2, 0.25) is 0 Å². The third-order valence-corrected chi connectivity index (χ3v) is 7.87. The van der Waals surface area contributed by atoms with Crippen LogP contribution in [0.15, 0.2) is 60.7 Å². The molecule has 194 valence electrons. The summed E-state index contributed by atoms with van der Waals surface area (Å²) in [6, 6.07) is 17.8. The molecule has 0 saturated heterocycles. The second kappa shape index (κ2) is 11.1. The zero-order valence-electron chi connectivity index (χ0n) is 21.3. The summed E-state index contributed by atoms with van der Waals surface area (Å²) in [5.74, 6) is -0.903. The molecule has 2 aliphatic rings. The third kappa shape index (κ3) is 5.76. The summed E-state index contributed by atoms with van der Waals surface area (Å²) in [7, 11) is 0. The molecular weight excluding hydrogens is 468 g/mol. The summed E-state index contributed by atoms with van der Waals surface area (Å²) in [5, 5.41) is 6.55. The fraction of sp³-hybridized carbons (Fsp3) is 0.387. The van der Waals surface area contributed by atoms with E-state index in [1.54, 1.807) is 0 Å². The van der Waals surface area contributed by atoms with Gasteiger partial charge in [-0.2, -0.15) is 0 Å². The first kappa shape index (κ1) is 25.6. The van der Waals surface area contributed by atoms with Crippen molar-refractivity contribution in [2.24, 2.45) is 5.73 Å².